The molecule has 0 bridgehead atoms. The second kappa shape index (κ2) is 7.11. The maximum absolute atomic E-state index is 12.3. The average molecular weight is 299 g/mol. The lowest BCUT2D eigenvalue weighted by molar-refractivity contribution is -0.133. The molecule has 6 heteroatoms. The Hall–Kier alpha value is -1.30. The topological polar surface area (TPSA) is 75.9 Å². The Kier molecular flexibility index (Phi) is 6.01. The van der Waals surface area contributed by atoms with Gasteiger partial charge in [0.1, 0.15) is 5.60 Å². The summed E-state index contributed by atoms with van der Waals surface area (Å²) in [7, 11) is 0. The number of nitrogens with zero attached hydrogens (tertiary/aromatic N) is 2. The summed E-state index contributed by atoms with van der Waals surface area (Å²) < 4.78 is 5.37. The molecule has 0 spiro atoms. The Bertz CT molecular complexity index is 377. The number of hydrogen-bond donors (Lipinski definition) is 1. The first-order valence-electron chi connectivity index (χ1n) is 7.64. The zero-order chi connectivity index (χ0) is 16.2. The van der Waals surface area contributed by atoms with Crippen molar-refractivity contribution in [1.29, 1.82) is 0 Å². The third kappa shape index (κ3) is 5.53. The first-order valence-corrected chi connectivity index (χ1v) is 7.64. The van der Waals surface area contributed by atoms with Gasteiger partial charge in [-0.3, -0.25) is 4.79 Å². The van der Waals surface area contributed by atoms with Crippen LogP contribution in [0.3, 0.4) is 0 Å². The Morgan fingerprint density at radius 2 is 1.57 bits per heavy atom. The van der Waals surface area contributed by atoms with E-state index < -0.39 is 11.6 Å². The average Bonchev–Trinajstić information content (AvgIpc) is 2.60. The predicted molar refractivity (Wildman–Crippen MR) is 81.8 cm³/mol. The molecule has 1 aliphatic rings. The van der Waals surface area contributed by atoms with Crippen LogP contribution in [0.15, 0.2) is 0 Å². The van der Waals surface area contributed by atoms with E-state index in [2.05, 4.69) is 0 Å². The van der Waals surface area contributed by atoms with Gasteiger partial charge in [-0.1, -0.05) is 13.8 Å². The van der Waals surface area contributed by atoms with Gasteiger partial charge in [-0.25, -0.2) is 4.79 Å². The van der Waals surface area contributed by atoms with E-state index in [0.29, 0.717) is 26.2 Å². The van der Waals surface area contributed by atoms with Crippen LogP contribution >= 0.6 is 0 Å². The van der Waals surface area contributed by atoms with E-state index in [0.717, 1.165) is 6.42 Å². The Morgan fingerprint density at radius 3 is 2.10 bits per heavy atom. The fourth-order valence-electron chi connectivity index (χ4n) is 2.14. The van der Waals surface area contributed by atoms with Crippen LogP contribution in [0.5, 0.6) is 0 Å². The fraction of sp³-hybridized carbons (Fsp3) is 0.867. The highest BCUT2D eigenvalue weighted by molar-refractivity contribution is 5.82. The number of ether oxygens (including phenoxy) is 1. The number of nitrogens with two attached hydrogens (primary N) is 1. The molecule has 1 atom stereocenters. The van der Waals surface area contributed by atoms with Crippen LogP contribution in [0.2, 0.25) is 0 Å². The van der Waals surface area contributed by atoms with E-state index in [9.17, 15) is 9.59 Å². The predicted octanol–water partition coefficient (Wildman–Crippen LogP) is 1.44. The first-order chi connectivity index (χ1) is 9.61. The summed E-state index contributed by atoms with van der Waals surface area (Å²) in [6.07, 6.45) is 0.431. The molecule has 1 rings (SSSR count). The molecule has 21 heavy (non-hydrogen) atoms. The summed E-state index contributed by atoms with van der Waals surface area (Å²) >= 11 is 0. The molecule has 0 radical (unpaired) electrons. The van der Waals surface area contributed by atoms with Gasteiger partial charge < -0.3 is 20.3 Å². The second-order valence-electron chi connectivity index (χ2n) is 6.92. The monoisotopic (exact) mass is 299 g/mol. The molecule has 0 aliphatic carbocycles. The third-order valence-electron chi connectivity index (χ3n) is 3.46. The highest BCUT2D eigenvalue weighted by atomic mass is 16.6. The molecule has 0 aromatic heterocycles. The fourth-order valence-corrected chi connectivity index (χ4v) is 2.14. The van der Waals surface area contributed by atoms with Crippen molar-refractivity contribution < 1.29 is 14.3 Å². The molecule has 0 saturated carbocycles. The van der Waals surface area contributed by atoms with E-state index in [1.807, 2.05) is 34.6 Å². The van der Waals surface area contributed by atoms with Crippen LogP contribution in [0.1, 0.15) is 41.0 Å². The first kappa shape index (κ1) is 17.8. The molecule has 1 heterocycles. The van der Waals surface area contributed by atoms with Crippen molar-refractivity contribution in [3.8, 4) is 0 Å². The van der Waals surface area contributed by atoms with Gasteiger partial charge in [0.25, 0.3) is 0 Å². The number of rotatable bonds is 2. The summed E-state index contributed by atoms with van der Waals surface area (Å²) in [6.45, 7) is 11.7. The lowest BCUT2D eigenvalue weighted by atomic mass is 10.0. The molecule has 2 amide bonds. The molecule has 1 aliphatic heterocycles. The lowest BCUT2D eigenvalue weighted by Gasteiger charge is -2.27. The van der Waals surface area contributed by atoms with Gasteiger partial charge in [-0.05, 0) is 33.1 Å². The van der Waals surface area contributed by atoms with Crippen LogP contribution in [0.4, 0.5) is 4.79 Å². The van der Waals surface area contributed by atoms with E-state index in [-0.39, 0.29) is 17.9 Å². The van der Waals surface area contributed by atoms with Crippen molar-refractivity contribution in [2.75, 3.05) is 26.2 Å². The highest BCUT2D eigenvalue weighted by Crippen LogP contribution is 2.13. The molecular weight excluding hydrogens is 270 g/mol. The summed E-state index contributed by atoms with van der Waals surface area (Å²) in [4.78, 5) is 27.7. The SMILES string of the molecule is CC(C)C(N)C(=O)N1CCCN(C(=O)OC(C)(C)C)CC1. The van der Waals surface area contributed by atoms with Gasteiger partial charge in [-0.2, -0.15) is 0 Å². The number of hydrogen-bond acceptors (Lipinski definition) is 4. The Labute approximate surface area is 127 Å². The quantitative estimate of drug-likeness (QED) is 0.837. The van der Waals surface area contributed by atoms with E-state index >= 15 is 0 Å². The van der Waals surface area contributed by atoms with Gasteiger partial charge >= 0.3 is 6.09 Å². The van der Waals surface area contributed by atoms with Gasteiger partial charge in [0.15, 0.2) is 0 Å². The van der Waals surface area contributed by atoms with Gasteiger partial charge in [0, 0.05) is 26.2 Å². The standard InChI is InChI=1S/C15H29N3O3/c1-11(2)12(16)13(19)17-7-6-8-18(10-9-17)14(20)21-15(3,4)5/h11-12H,6-10,16H2,1-5H3. The van der Waals surface area contributed by atoms with Crippen LogP contribution in [-0.2, 0) is 9.53 Å². The maximum Gasteiger partial charge on any atom is 0.410 e. The van der Waals surface area contributed by atoms with E-state index in [1.165, 1.54) is 0 Å². The molecule has 0 aromatic rings. The summed E-state index contributed by atoms with van der Waals surface area (Å²) in [6, 6.07) is -0.474. The minimum atomic E-state index is -0.501. The molecule has 1 unspecified atom stereocenters. The van der Waals surface area contributed by atoms with Crippen molar-refractivity contribution in [1.82, 2.24) is 9.80 Å². The van der Waals surface area contributed by atoms with Gasteiger partial charge in [0.2, 0.25) is 5.91 Å². The number of carbonyl (C=O) groups is 2. The van der Waals surface area contributed by atoms with Crippen molar-refractivity contribution in [3.05, 3.63) is 0 Å². The molecule has 1 fully saturated rings. The Balaban J connectivity index is 2.58. The summed E-state index contributed by atoms with van der Waals surface area (Å²) in [5.41, 5.74) is 5.42. The summed E-state index contributed by atoms with van der Waals surface area (Å²) in [5.74, 6) is 0.0822. The molecule has 6 nitrogen and oxygen atoms in total. The Morgan fingerprint density at radius 1 is 1.05 bits per heavy atom. The van der Waals surface area contributed by atoms with Crippen LogP contribution < -0.4 is 5.73 Å². The van der Waals surface area contributed by atoms with Crippen molar-refractivity contribution >= 4 is 12.0 Å². The maximum atomic E-state index is 12.3. The van der Waals surface area contributed by atoms with E-state index in [1.54, 1.807) is 9.80 Å². The largest absolute Gasteiger partial charge is 0.444 e. The van der Waals surface area contributed by atoms with Gasteiger partial charge in [-0.15, -0.1) is 0 Å². The lowest BCUT2D eigenvalue weighted by Crippen LogP contribution is -2.48. The van der Waals surface area contributed by atoms with Crippen molar-refractivity contribution in [3.63, 3.8) is 0 Å². The molecule has 122 valence electrons. The smallest absolute Gasteiger partial charge is 0.410 e. The molecular formula is C15H29N3O3. The van der Waals surface area contributed by atoms with E-state index in [4.69, 9.17) is 10.5 Å². The molecule has 2 N–H and O–H groups in total. The summed E-state index contributed by atoms with van der Waals surface area (Å²) in [5, 5.41) is 0. The number of carbonyl (C=O) groups excluding carboxylic acids is 2. The number of amides is 2. The van der Waals surface area contributed by atoms with Crippen molar-refractivity contribution in [2.24, 2.45) is 11.7 Å². The van der Waals surface area contributed by atoms with Crippen LogP contribution in [-0.4, -0.2) is 59.6 Å². The minimum absolute atomic E-state index is 0.0314. The van der Waals surface area contributed by atoms with Crippen LogP contribution in [0, 0.1) is 5.92 Å². The second-order valence-corrected chi connectivity index (χ2v) is 6.92. The van der Waals surface area contributed by atoms with Crippen molar-refractivity contribution in [2.45, 2.75) is 52.7 Å². The molecule has 1 saturated heterocycles. The van der Waals surface area contributed by atoms with Crippen LogP contribution in [0.25, 0.3) is 0 Å². The van der Waals surface area contributed by atoms with Gasteiger partial charge in [0.05, 0.1) is 6.04 Å². The minimum Gasteiger partial charge on any atom is -0.444 e. The normalized spacial score (nSPS) is 18.4. The zero-order valence-corrected chi connectivity index (χ0v) is 13.9. The molecule has 0 aromatic carbocycles. The highest BCUT2D eigenvalue weighted by Gasteiger charge is 2.28. The zero-order valence-electron chi connectivity index (χ0n) is 13.9. The third-order valence-corrected chi connectivity index (χ3v) is 3.46.